The molecular weight excluding hydrogens is 495 g/mol. The summed E-state index contributed by atoms with van der Waals surface area (Å²) in [6.07, 6.45) is -2.78. The molecule has 37 heavy (non-hydrogen) atoms. The fourth-order valence-electron chi connectivity index (χ4n) is 5.58. The third-order valence-electron chi connectivity index (χ3n) is 7.94. The highest BCUT2D eigenvalue weighted by Crippen LogP contribution is 2.42. The standard InChI is InChI=1S/C27H31F5N2O3/c28-20-6-3-18(4-7-20)15-21(34-13-11-26(37,12-14-34)27(30,31)32)17-33-24(36)25(9-1-2-10-25)19-5-8-23(35)22(29)16-19/h3-8,16,21,35,37H,1-2,9-15,17H2,(H,33,36). The van der Waals surface area contributed by atoms with Crippen molar-refractivity contribution < 1.29 is 37.0 Å². The number of nitrogens with zero attached hydrogens (tertiary/aromatic N) is 1. The second-order valence-corrected chi connectivity index (χ2v) is 10.2. The molecule has 10 heteroatoms. The lowest BCUT2D eigenvalue weighted by atomic mass is 9.77. The summed E-state index contributed by atoms with van der Waals surface area (Å²) in [5.74, 6) is -2.02. The summed E-state index contributed by atoms with van der Waals surface area (Å²) in [5, 5.41) is 22.6. The van der Waals surface area contributed by atoms with E-state index in [1.165, 1.54) is 24.3 Å². The highest BCUT2D eigenvalue weighted by molar-refractivity contribution is 5.88. The topological polar surface area (TPSA) is 72.8 Å². The Bertz CT molecular complexity index is 1090. The summed E-state index contributed by atoms with van der Waals surface area (Å²) in [7, 11) is 0. The fourth-order valence-corrected chi connectivity index (χ4v) is 5.58. The zero-order valence-electron chi connectivity index (χ0n) is 20.3. The Balaban J connectivity index is 1.52. The summed E-state index contributed by atoms with van der Waals surface area (Å²) < 4.78 is 67.5. The molecule has 1 aliphatic carbocycles. The largest absolute Gasteiger partial charge is 0.505 e. The number of piperidine rings is 1. The number of alkyl halides is 3. The Morgan fingerprint density at radius 3 is 2.19 bits per heavy atom. The molecule has 0 aromatic heterocycles. The number of hydrogen-bond donors (Lipinski definition) is 3. The van der Waals surface area contributed by atoms with E-state index in [9.17, 15) is 37.0 Å². The summed E-state index contributed by atoms with van der Waals surface area (Å²) in [4.78, 5) is 15.3. The molecule has 1 aliphatic heterocycles. The minimum Gasteiger partial charge on any atom is -0.505 e. The molecule has 0 bridgehead atoms. The molecule has 0 radical (unpaired) electrons. The number of carbonyl (C=O) groups excluding carboxylic acids is 1. The van der Waals surface area contributed by atoms with Crippen LogP contribution in [0.5, 0.6) is 5.75 Å². The van der Waals surface area contributed by atoms with Crippen LogP contribution in [-0.2, 0) is 16.6 Å². The highest BCUT2D eigenvalue weighted by atomic mass is 19.4. The van der Waals surface area contributed by atoms with Gasteiger partial charge >= 0.3 is 6.18 Å². The Kier molecular flexibility index (Phi) is 7.80. The van der Waals surface area contributed by atoms with Gasteiger partial charge in [0.1, 0.15) is 5.82 Å². The maximum Gasteiger partial charge on any atom is 0.417 e. The van der Waals surface area contributed by atoms with Gasteiger partial charge in [-0.05, 0) is 67.5 Å². The van der Waals surface area contributed by atoms with Gasteiger partial charge in [-0.15, -0.1) is 0 Å². The maximum absolute atomic E-state index is 14.1. The molecule has 1 saturated heterocycles. The number of likely N-dealkylation sites (tertiary alicyclic amines) is 1. The highest BCUT2D eigenvalue weighted by Gasteiger charge is 2.55. The third-order valence-corrected chi connectivity index (χ3v) is 7.94. The van der Waals surface area contributed by atoms with Crippen LogP contribution >= 0.6 is 0 Å². The second-order valence-electron chi connectivity index (χ2n) is 10.2. The van der Waals surface area contributed by atoms with Gasteiger partial charge in [0.2, 0.25) is 5.91 Å². The first-order valence-electron chi connectivity index (χ1n) is 12.5. The number of hydrogen-bond acceptors (Lipinski definition) is 4. The molecule has 4 rings (SSSR count). The van der Waals surface area contributed by atoms with E-state index < -0.39 is 53.5 Å². The van der Waals surface area contributed by atoms with Gasteiger partial charge < -0.3 is 15.5 Å². The van der Waals surface area contributed by atoms with E-state index in [0.29, 0.717) is 24.8 Å². The van der Waals surface area contributed by atoms with Crippen molar-refractivity contribution in [3.63, 3.8) is 0 Å². The number of carbonyl (C=O) groups is 1. The summed E-state index contributed by atoms with van der Waals surface area (Å²) in [6.45, 7) is 0.0705. The van der Waals surface area contributed by atoms with Crippen LogP contribution in [0.2, 0.25) is 0 Å². The molecule has 1 unspecified atom stereocenters. The van der Waals surface area contributed by atoms with E-state index in [2.05, 4.69) is 5.32 Å². The van der Waals surface area contributed by atoms with E-state index in [0.717, 1.165) is 18.4 Å². The average molecular weight is 527 g/mol. The van der Waals surface area contributed by atoms with Crippen molar-refractivity contribution >= 4 is 5.91 Å². The predicted octanol–water partition coefficient (Wildman–Crippen LogP) is 4.60. The van der Waals surface area contributed by atoms with Crippen molar-refractivity contribution in [3.8, 4) is 5.75 Å². The number of aliphatic hydroxyl groups is 1. The van der Waals surface area contributed by atoms with Gasteiger partial charge in [-0.1, -0.05) is 31.0 Å². The SMILES string of the molecule is O=C(NCC(Cc1ccc(F)cc1)N1CCC(O)(C(F)(F)F)CC1)C1(c2ccc(O)c(F)c2)CCCC1. The van der Waals surface area contributed by atoms with Gasteiger partial charge in [-0.25, -0.2) is 8.78 Å². The van der Waals surface area contributed by atoms with Crippen molar-refractivity contribution in [1.29, 1.82) is 0 Å². The number of aromatic hydroxyl groups is 1. The predicted molar refractivity (Wildman–Crippen MR) is 127 cm³/mol. The number of phenolic OH excluding ortho intramolecular Hbond substituents is 1. The second kappa shape index (κ2) is 10.6. The average Bonchev–Trinajstić information content (AvgIpc) is 3.36. The lowest BCUT2D eigenvalue weighted by Gasteiger charge is -2.42. The quantitative estimate of drug-likeness (QED) is 0.462. The molecule has 1 saturated carbocycles. The fraction of sp³-hybridized carbons (Fsp3) is 0.519. The zero-order chi connectivity index (χ0) is 26.8. The first kappa shape index (κ1) is 27.3. The van der Waals surface area contributed by atoms with Crippen molar-refractivity contribution in [3.05, 3.63) is 65.2 Å². The molecule has 2 aromatic rings. The Morgan fingerprint density at radius 2 is 1.62 bits per heavy atom. The van der Waals surface area contributed by atoms with Crippen LogP contribution in [0.3, 0.4) is 0 Å². The van der Waals surface area contributed by atoms with Crippen molar-refractivity contribution in [2.75, 3.05) is 19.6 Å². The van der Waals surface area contributed by atoms with Gasteiger partial charge in [0, 0.05) is 25.7 Å². The first-order chi connectivity index (χ1) is 17.4. The van der Waals surface area contributed by atoms with Crippen LogP contribution in [0.15, 0.2) is 42.5 Å². The van der Waals surface area contributed by atoms with Crippen LogP contribution in [-0.4, -0.2) is 58.5 Å². The number of halogens is 5. The van der Waals surface area contributed by atoms with Crippen LogP contribution in [0, 0.1) is 11.6 Å². The minimum absolute atomic E-state index is 0.0218. The minimum atomic E-state index is -4.73. The number of nitrogens with one attached hydrogen (secondary N) is 1. The molecule has 5 nitrogen and oxygen atoms in total. The summed E-state index contributed by atoms with van der Waals surface area (Å²) in [6, 6.07) is 9.34. The van der Waals surface area contributed by atoms with Crippen molar-refractivity contribution in [2.24, 2.45) is 0 Å². The Labute approximate surface area is 212 Å². The molecule has 1 atom stereocenters. The number of rotatable bonds is 7. The van der Waals surface area contributed by atoms with Gasteiger partial charge in [0.25, 0.3) is 0 Å². The smallest absolute Gasteiger partial charge is 0.417 e. The van der Waals surface area contributed by atoms with Crippen molar-refractivity contribution in [2.45, 2.75) is 68.2 Å². The maximum atomic E-state index is 14.1. The molecule has 2 aliphatic rings. The van der Waals surface area contributed by atoms with Crippen LogP contribution in [0.25, 0.3) is 0 Å². The van der Waals surface area contributed by atoms with Gasteiger partial charge in [0.15, 0.2) is 17.2 Å². The molecule has 2 fully saturated rings. The first-order valence-corrected chi connectivity index (χ1v) is 12.5. The van der Waals surface area contributed by atoms with E-state index in [-0.39, 0.29) is 25.5 Å². The number of phenols is 1. The van der Waals surface area contributed by atoms with E-state index in [4.69, 9.17) is 0 Å². The van der Waals surface area contributed by atoms with E-state index in [1.54, 1.807) is 18.2 Å². The monoisotopic (exact) mass is 526 g/mol. The lowest BCUT2D eigenvalue weighted by molar-refractivity contribution is -0.273. The molecule has 1 amide bonds. The van der Waals surface area contributed by atoms with Gasteiger partial charge in [-0.3, -0.25) is 9.69 Å². The van der Waals surface area contributed by atoms with E-state index >= 15 is 0 Å². The molecule has 202 valence electrons. The van der Waals surface area contributed by atoms with E-state index in [1.807, 2.05) is 4.90 Å². The summed E-state index contributed by atoms with van der Waals surface area (Å²) in [5.41, 5.74) is -2.48. The van der Waals surface area contributed by atoms with Gasteiger partial charge in [0.05, 0.1) is 5.41 Å². The molecule has 3 N–H and O–H groups in total. The molecule has 2 aromatic carbocycles. The Morgan fingerprint density at radius 1 is 1.00 bits per heavy atom. The van der Waals surface area contributed by atoms with Crippen LogP contribution in [0.4, 0.5) is 22.0 Å². The third kappa shape index (κ3) is 5.75. The number of amides is 1. The molecule has 0 spiro atoms. The van der Waals surface area contributed by atoms with Gasteiger partial charge in [-0.2, -0.15) is 13.2 Å². The number of benzene rings is 2. The van der Waals surface area contributed by atoms with Crippen LogP contribution in [0.1, 0.15) is 49.7 Å². The van der Waals surface area contributed by atoms with Crippen LogP contribution < -0.4 is 5.32 Å². The molecular formula is C27H31F5N2O3. The van der Waals surface area contributed by atoms with Crippen molar-refractivity contribution in [1.82, 2.24) is 10.2 Å². The zero-order valence-corrected chi connectivity index (χ0v) is 20.3. The molecule has 1 heterocycles. The normalized spacial score (nSPS) is 20.5. The lowest BCUT2D eigenvalue weighted by Crippen LogP contribution is -2.57. The summed E-state index contributed by atoms with van der Waals surface area (Å²) >= 11 is 0. The Hall–Kier alpha value is -2.72.